The summed E-state index contributed by atoms with van der Waals surface area (Å²) in [6.45, 7) is 2.23. The molecule has 22 nitrogen and oxygen atoms in total. The van der Waals surface area contributed by atoms with Gasteiger partial charge in [0.05, 0.1) is 32.7 Å². The van der Waals surface area contributed by atoms with Crippen LogP contribution < -0.4 is 45.2 Å². The highest BCUT2D eigenvalue weighted by Gasteiger charge is 2.24. The summed E-state index contributed by atoms with van der Waals surface area (Å²) in [6.07, 6.45) is 11.1. The number of guanidine groups is 2. The van der Waals surface area contributed by atoms with E-state index in [4.69, 9.17) is 0 Å². The molecule has 0 saturated carbocycles. The van der Waals surface area contributed by atoms with Crippen LogP contribution in [0.5, 0.6) is 0 Å². The molecule has 0 saturated heterocycles. The monoisotopic (exact) mass is 848 g/mol. The van der Waals surface area contributed by atoms with Crippen molar-refractivity contribution in [2.75, 3.05) is 13.1 Å². The van der Waals surface area contributed by atoms with Gasteiger partial charge in [-0.1, -0.05) is 49.9 Å². The Balaban J connectivity index is 0. The van der Waals surface area contributed by atoms with Crippen LogP contribution in [-0.4, -0.2) is 87.8 Å². The van der Waals surface area contributed by atoms with Crippen LogP contribution in [0.1, 0.15) is 51.4 Å². The number of benzene rings is 4. The SMILES string of the molecule is NC(N)=[NH2+].NC(N)=[NH2+].O.O.O=S(=O)([O-])c1cc(S(=O)(=O)[O-])c2ccc3c(S(=O)(=O)[O-])cc(S(=O)(=O)[O-])c4ccc1c2c43.[NH3+]CCCCCCCCCC[NH3+]. The van der Waals surface area contributed by atoms with Gasteiger partial charge >= 0.3 is 11.9 Å². The highest BCUT2D eigenvalue weighted by atomic mass is 32.2. The standard InChI is InChI=1S/C16H10O12S4.C10H24N2.2CH5N3.2H2O/c17-29(18,19)11-5-13(31(23,24)25)9-3-4-10-14(32(26,27)28)6-12(30(20,21)22)8-2-1-7(11)15(9)16(8)10;11-9-7-5-3-1-2-4-6-8-10-12;2*2-1(3)4;;/h1-6H,(H,17,18,19)(H,20,21,22)(H,23,24,25)(H,26,27,28);1-12H2;2*(H5,2,3,4);2*1H2. The Bertz CT molecular complexity index is 2020. The zero-order valence-corrected chi connectivity index (χ0v) is 32.2. The molecular formula is C28H48N8O14S4. The molecule has 4 aromatic rings. The molecule has 4 rings (SSSR count). The van der Waals surface area contributed by atoms with E-state index in [1.54, 1.807) is 0 Å². The average molecular weight is 849 g/mol. The minimum absolute atomic E-state index is 0. The molecule has 0 heterocycles. The van der Waals surface area contributed by atoms with E-state index in [-0.39, 0.29) is 22.9 Å². The van der Waals surface area contributed by atoms with E-state index in [0.29, 0.717) is 12.1 Å². The second-order valence-corrected chi connectivity index (χ2v) is 16.6. The minimum atomic E-state index is -5.40. The van der Waals surface area contributed by atoms with Crippen LogP contribution in [0.25, 0.3) is 32.3 Å². The molecule has 308 valence electrons. The lowest BCUT2D eigenvalue weighted by atomic mass is 9.94. The van der Waals surface area contributed by atoms with Crippen molar-refractivity contribution in [1.82, 2.24) is 0 Å². The topological polar surface area (TPSA) is 502 Å². The van der Waals surface area contributed by atoms with Crippen molar-refractivity contribution < 1.29 is 85.1 Å². The molecule has 0 aliphatic heterocycles. The molecule has 26 heteroatoms. The van der Waals surface area contributed by atoms with Gasteiger partial charge in [-0.05, 0) is 48.6 Å². The first-order valence-electron chi connectivity index (χ1n) is 15.3. The first kappa shape index (κ1) is 52.0. The summed E-state index contributed by atoms with van der Waals surface area (Å²) < 4.78 is 141. The Morgan fingerprint density at radius 2 is 0.630 bits per heavy atom. The summed E-state index contributed by atoms with van der Waals surface area (Å²) in [4.78, 5) is -4.63. The average Bonchev–Trinajstić information content (AvgIpc) is 2.98. The Hall–Kier alpha value is -4.06. The van der Waals surface area contributed by atoms with Crippen LogP contribution >= 0.6 is 0 Å². The van der Waals surface area contributed by atoms with Crippen LogP contribution in [0, 0.1) is 0 Å². The number of rotatable bonds is 13. The van der Waals surface area contributed by atoms with E-state index in [2.05, 4.69) is 45.2 Å². The van der Waals surface area contributed by atoms with Crippen molar-refractivity contribution >= 4 is 84.7 Å². The molecule has 54 heavy (non-hydrogen) atoms. The van der Waals surface area contributed by atoms with Gasteiger partial charge in [0.2, 0.25) is 0 Å². The zero-order valence-electron chi connectivity index (χ0n) is 28.9. The van der Waals surface area contributed by atoms with Gasteiger partial charge in [-0.2, -0.15) is 0 Å². The van der Waals surface area contributed by atoms with Crippen LogP contribution in [0.15, 0.2) is 56.0 Å². The molecule has 0 fully saturated rings. The van der Waals surface area contributed by atoms with E-state index >= 15 is 0 Å². The maximum absolute atomic E-state index is 11.8. The van der Waals surface area contributed by atoms with Crippen molar-refractivity contribution in [2.24, 2.45) is 22.9 Å². The summed E-state index contributed by atoms with van der Waals surface area (Å²) in [5.74, 6) is -0.167. The summed E-state index contributed by atoms with van der Waals surface area (Å²) >= 11 is 0. The highest BCUT2D eigenvalue weighted by Crippen LogP contribution is 2.44. The molecule has 0 aliphatic rings. The second kappa shape index (κ2) is 21.7. The quantitative estimate of drug-likeness (QED) is 0.0204. The smallest absolute Gasteiger partial charge is 0.336 e. The lowest BCUT2D eigenvalue weighted by molar-refractivity contribution is -0.369. The summed E-state index contributed by atoms with van der Waals surface area (Å²) in [5.41, 5.74) is 26.0. The van der Waals surface area contributed by atoms with Gasteiger partial charge in [0, 0.05) is 21.5 Å². The predicted molar refractivity (Wildman–Crippen MR) is 192 cm³/mol. The molecule has 0 aromatic heterocycles. The molecule has 0 spiro atoms. The van der Waals surface area contributed by atoms with Crippen LogP contribution in [0.2, 0.25) is 0 Å². The van der Waals surface area contributed by atoms with Crippen molar-refractivity contribution in [3.05, 3.63) is 36.4 Å². The predicted octanol–water partition coefficient (Wildman–Crippen LogP) is -6.82. The summed E-state index contributed by atoms with van der Waals surface area (Å²) in [7, 11) is -21.6. The highest BCUT2D eigenvalue weighted by molar-refractivity contribution is 7.87. The Labute approximate surface area is 312 Å². The van der Waals surface area contributed by atoms with E-state index in [1.165, 1.54) is 51.4 Å². The third-order valence-corrected chi connectivity index (χ3v) is 10.6. The Kier molecular flexibility index (Phi) is 20.9. The lowest BCUT2D eigenvalue weighted by Crippen LogP contribution is -2.51. The lowest BCUT2D eigenvalue weighted by Gasteiger charge is -2.23. The molecule has 22 N–H and O–H groups in total. The minimum Gasteiger partial charge on any atom is -0.744 e. The number of hydrogen-bond donors (Lipinski definition) is 8. The third-order valence-electron chi connectivity index (χ3n) is 7.07. The first-order chi connectivity index (χ1) is 23.8. The second-order valence-electron chi connectivity index (χ2n) is 11.2. The van der Waals surface area contributed by atoms with Gasteiger partial charge in [-0.25, -0.2) is 33.7 Å². The Morgan fingerprint density at radius 3 is 0.778 bits per heavy atom. The van der Waals surface area contributed by atoms with E-state index in [1.807, 2.05) is 0 Å². The molecular weight excluding hydrogens is 801 g/mol. The van der Waals surface area contributed by atoms with E-state index < -0.39 is 92.4 Å². The van der Waals surface area contributed by atoms with Gasteiger partial charge in [0.25, 0.3) is 0 Å². The van der Waals surface area contributed by atoms with Gasteiger partial charge in [-0.3, -0.25) is 33.8 Å². The number of unbranched alkanes of at least 4 members (excludes halogenated alkanes) is 7. The van der Waals surface area contributed by atoms with E-state index in [0.717, 1.165) is 37.4 Å². The van der Waals surface area contributed by atoms with Gasteiger partial charge in [0.1, 0.15) is 40.5 Å². The van der Waals surface area contributed by atoms with Gasteiger partial charge < -0.3 is 40.6 Å². The van der Waals surface area contributed by atoms with Crippen LogP contribution in [0.4, 0.5) is 0 Å². The largest absolute Gasteiger partial charge is 0.744 e. The van der Waals surface area contributed by atoms with Crippen LogP contribution in [-0.2, 0) is 40.5 Å². The molecule has 0 amide bonds. The van der Waals surface area contributed by atoms with Gasteiger partial charge in [0.15, 0.2) is 0 Å². The van der Waals surface area contributed by atoms with Crippen molar-refractivity contribution in [3.63, 3.8) is 0 Å². The fourth-order valence-corrected chi connectivity index (χ4v) is 8.06. The van der Waals surface area contributed by atoms with E-state index in [9.17, 15) is 51.9 Å². The summed E-state index contributed by atoms with van der Waals surface area (Å²) in [6, 6.07) is 4.27. The fourth-order valence-electron chi connectivity index (χ4n) is 5.11. The van der Waals surface area contributed by atoms with Crippen molar-refractivity contribution in [1.29, 1.82) is 0 Å². The maximum atomic E-state index is 11.8. The molecule has 0 atom stereocenters. The molecule has 0 bridgehead atoms. The Morgan fingerprint density at radius 1 is 0.463 bits per heavy atom. The maximum Gasteiger partial charge on any atom is 0.336 e. The number of quaternary nitrogens is 2. The van der Waals surface area contributed by atoms with Crippen molar-refractivity contribution in [2.45, 2.75) is 70.9 Å². The molecule has 4 aromatic carbocycles. The zero-order chi connectivity index (χ0) is 40.2. The third kappa shape index (κ3) is 15.4. The normalized spacial score (nSPS) is 11.5. The van der Waals surface area contributed by atoms with Crippen LogP contribution in [0.3, 0.4) is 0 Å². The first-order valence-corrected chi connectivity index (χ1v) is 20.9. The number of hydrogen-bond acceptors (Lipinski definition) is 12. The number of nitrogens with two attached hydrogens (primary N) is 6. The molecule has 0 aliphatic carbocycles. The van der Waals surface area contributed by atoms with Gasteiger partial charge in [-0.15, -0.1) is 0 Å². The van der Waals surface area contributed by atoms with Crippen molar-refractivity contribution in [3.8, 4) is 0 Å². The summed E-state index contributed by atoms with van der Waals surface area (Å²) in [5, 5.41) is 6.26. The molecule has 0 radical (unpaired) electrons. The molecule has 0 unspecified atom stereocenters. The fraction of sp³-hybridized carbons (Fsp3) is 0.357.